The average molecular weight is 234 g/mol. The quantitative estimate of drug-likeness (QED) is 0.715. The van der Waals surface area contributed by atoms with Crippen LogP contribution in [0.3, 0.4) is 0 Å². The van der Waals surface area contributed by atoms with Crippen LogP contribution in [0.4, 0.5) is 0 Å². The van der Waals surface area contributed by atoms with Crippen molar-refractivity contribution in [2.24, 2.45) is 28.6 Å². The van der Waals surface area contributed by atoms with Crippen LogP contribution in [0.1, 0.15) is 65.7 Å². The molecule has 4 rings (SSSR count). The Hall–Kier alpha value is -0.330. The summed E-state index contributed by atoms with van der Waals surface area (Å²) < 4.78 is 0. The predicted octanol–water partition coefficient (Wildman–Crippen LogP) is 4.21. The lowest BCUT2D eigenvalue weighted by atomic mass is 9.41. The molecule has 4 fully saturated rings. The highest BCUT2D eigenvalue weighted by molar-refractivity contribution is 5.76. The summed E-state index contributed by atoms with van der Waals surface area (Å²) in [7, 11) is 0. The van der Waals surface area contributed by atoms with Crippen molar-refractivity contribution in [1.29, 1.82) is 0 Å². The smallest absolute Gasteiger partial charge is 0.130 e. The highest BCUT2D eigenvalue weighted by atomic mass is 16.1. The molecule has 17 heavy (non-hydrogen) atoms. The summed E-state index contributed by atoms with van der Waals surface area (Å²) in [5, 5.41) is 0. The SMILES string of the molecule is CC(=O)CC12CC3CC(C1)CC(C(C)C)(C3)C2. The van der Waals surface area contributed by atoms with Gasteiger partial charge in [0, 0.05) is 6.42 Å². The second-order valence-electron chi connectivity index (χ2n) is 7.86. The Morgan fingerprint density at radius 1 is 1.18 bits per heavy atom. The molecule has 2 atom stereocenters. The maximum atomic E-state index is 11.6. The second kappa shape index (κ2) is 3.59. The van der Waals surface area contributed by atoms with Crippen LogP contribution < -0.4 is 0 Å². The van der Waals surface area contributed by atoms with E-state index in [1.54, 1.807) is 6.92 Å². The van der Waals surface area contributed by atoms with Gasteiger partial charge < -0.3 is 4.79 Å². The predicted molar refractivity (Wildman–Crippen MR) is 69.7 cm³/mol. The molecule has 0 aliphatic heterocycles. The van der Waals surface area contributed by atoms with E-state index < -0.39 is 0 Å². The molecule has 0 heterocycles. The molecule has 0 N–H and O–H groups in total. The largest absolute Gasteiger partial charge is 0.300 e. The summed E-state index contributed by atoms with van der Waals surface area (Å²) in [6.07, 6.45) is 9.32. The van der Waals surface area contributed by atoms with Crippen LogP contribution in [0.5, 0.6) is 0 Å². The molecular weight excluding hydrogens is 208 g/mol. The Kier molecular flexibility index (Phi) is 2.48. The summed E-state index contributed by atoms with van der Waals surface area (Å²) in [4.78, 5) is 11.6. The van der Waals surface area contributed by atoms with E-state index in [2.05, 4.69) is 13.8 Å². The van der Waals surface area contributed by atoms with Crippen LogP contribution in [-0.2, 0) is 4.79 Å². The van der Waals surface area contributed by atoms with Gasteiger partial charge in [-0.2, -0.15) is 0 Å². The number of Topliss-reactive ketones (excluding diaryl/α,β-unsaturated/α-hetero) is 1. The second-order valence-corrected chi connectivity index (χ2v) is 7.86. The third-order valence-electron chi connectivity index (χ3n) is 6.08. The zero-order chi connectivity index (χ0) is 12.3. The first kappa shape index (κ1) is 11.7. The van der Waals surface area contributed by atoms with Crippen molar-refractivity contribution < 1.29 is 4.79 Å². The summed E-state index contributed by atoms with van der Waals surface area (Å²) in [6.45, 7) is 6.61. The van der Waals surface area contributed by atoms with E-state index >= 15 is 0 Å². The molecule has 0 spiro atoms. The molecule has 4 saturated carbocycles. The zero-order valence-corrected chi connectivity index (χ0v) is 11.6. The summed E-state index contributed by atoms with van der Waals surface area (Å²) >= 11 is 0. The van der Waals surface area contributed by atoms with Gasteiger partial charge in [-0.25, -0.2) is 0 Å². The highest BCUT2D eigenvalue weighted by Gasteiger charge is 2.58. The van der Waals surface area contributed by atoms with Gasteiger partial charge in [0.2, 0.25) is 0 Å². The van der Waals surface area contributed by atoms with Crippen molar-refractivity contribution in [2.45, 2.75) is 65.7 Å². The standard InChI is InChI=1S/C16H26O/c1-11(2)16-8-13-4-14(9-16)7-15(6-13,10-16)5-12(3)17/h11,13-14H,4-10H2,1-3H3. The van der Waals surface area contributed by atoms with Crippen molar-refractivity contribution in [1.82, 2.24) is 0 Å². The van der Waals surface area contributed by atoms with Gasteiger partial charge in [-0.05, 0) is 74.0 Å². The van der Waals surface area contributed by atoms with E-state index in [9.17, 15) is 4.79 Å². The molecule has 4 bridgehead atoms. The number of carbonyl (C=O) groups excluding carboxylic acids is 1. The molecule has 0 aromatic heterocycles. The maximum absolute atomic E-state index is 11.6. The molecule has 0 saturated heterocycles. The lowest BCUT2D eigenvalue weighted by molar-refractivity contribution is -0.145. The maximum Gasteiger partial charge on any atom is 0.130 e. The molecule has 4 aliphatic carbocycles. The van der Waals surface area contributed by atoms with Crippen LogP contribution in [-0.4, -0.2) is 5.78 Å². The number of carbonyl (C=O) groups is 1. The molecule has 0 radical (unpaired) electrons. The van der Waals surface area contributed by atoms with E-state index in [1.165, 1.54) is 38.5 Å². The first-order valence-electron chi connectivity index (χ1n) is 7.43. The Bertz CT molecular complexity index is 327. The van der Waals surface area contributed by atoms with Crippen LogP contribution in [0.25, 0.3) is 0 Å². The first-order chi connectivity index (χ1) is 7.93. The number of hydrogen-bond acceptors (Lipinski definition) is 1. The summed E-state index contributed by atoms with van der Waals surface area (Å²) in [6, 6.07) is 0. The van der Waals surface area contributed by atoms with Gasteiger partial charge in [0.25, 0.3) is 0 Å². The molecule has 96 valence electrons. The van der Waals surface area contributed by atoms with Gasteiger partial charge in [0.05, 0.1) is 0 Å². The minimum Gasteiger partial charge on any atom is -0.300 e. The zero-order valence-electron chi connectivity index (χ0n) is 11.6. The monoisotopic (exact) mass is 234 g/mol. The van der Waals surface area contributed by atoms with E-state index in [1.807, 2.05) is 0 Å². The number of hydrogen-bond donors (Lipinski definition) is 0. The van der Waals surface area contributed by atoms with E-state index in [4.69, 9.17) is 0 Å². The van der Waals surface area contributed by atoms with Crippen LogP contribution in [0, 0.1) is 28.6 Å². The van der Waals surface area contributed by atoms with Gasteiger partial charge in [-0.3, -0.25) is 0 Å². The lowest BCUT2D eigenvalue weighted by Gasteiger charge is -2.63. The number of ketones is 1. The van der Waals surface area contributed by atoms with E-state index in [0.717, 1.165) is 24.2 Å². The van der Waals surface area contributed by atoms with Gasteiger partial charge in [0.1, 0.15) is 5.78 Å². The van der Waals surface area contributed by atoms with Crippen molar-refractivity contribution in [3.05, 3.63) is 0 Å². The minimum atomic E-state index is 0.417. The molecule has 0 aromatic carbocycles. The van der Waals surface area contributed by atoms with Crippen molar-refractivity contribution >= 4 is 5.78 Å². The fraction of sp³-hybridized carbons (Fsp3) is 0.938. The van der Waals surface area contributed by atoms with Crippen LogP contribution >= 0.6 is 0 Å². The van der Waals surface area contributed by atoms with Gasteiger partial charge in [-0.15, -0.1) is 0 Å². The summed E-state index contributed by atoms with van der Waals surface area (Å²) in [5.74, 6) is 3.11. The van der Waals surface area contributed by atoms with Gasteiger partial charge >= 0.3 is 0 Å². The average Bonchev–Trinajstić information content (AvgIpc) is 2.12. The minimum absolute atomic E-state index is 0.417. The van der Waals surface area contributed by atoms with Crippen molar-refractivity contribution in [2.75, 3.05) is 0 Å². The Balaban J connectivity index is 1.91. The van der Waals surface area contributed by atoms with Crippen molar-refractivity contribution in [3.63, 3.8) is 0 Å². The highest BCUT2D eigenvalue weighted by Crippen LogP contribution is 2.68. The molecule has 4 aliphatic rings. The van der Waals surface area contributed by atoms with Crippen molar-refractivity contribution in [3.8, 4) is 0 Å². The Morgan fingerprint density at radius 2 is 1.76 bits per heavy atom. The van der Waals surface area contributed by atoms with Gasteiger partial charge in [0.15, 0.2) is 0 Å². The number of rotatable bonds is 3. The molecule has 0 amide bonds. The molecule has 1 nitrogen and oxygen atoms in total. The Morgan fingerprint density at radius 3 is 2.24 bits per heavy atom. The molecule has 0 aromatic rings. The third-order valence-corrected chi connectivity index (χ3v) is 6.08. The summed E-state index contributed by atoms with van der Waals surface area (Å²) in [5.41, 5.74) is 1.01. The topological polar surface area (TPSA) is 17.1 Å². The van der Waals surface area contributed by atoms with Gasteiger partial charge in [-0.1, -0.05) is 13.8 Å². The molecular formula is C16H26O. The fourth-order valence-electron chi connectivity index (χ4n) is 5.94. The lowest BCUT2D eigenvalue weighted by Crippen LogP contribution is -2.54. The first-order valence-corrected chi connectivity index (χ1v) is 7.43. The Labute approximate surface area is 105 Å². The third kappa shape index (κ3) is 1.77. The van der Waals surface area contributed by atoms with Crippen LogP contribution in [0.15, 0.2) is 0 Å². The van der Waals surface area contributed by atoms with E-state index in [0.29, 0.717) is 16.6 Å². The van der Waals surface area contributed by atoms with E-state index in [-0.39, 0.29) is 0 Å². The molecule has 1 heteroatoms. The fourth-order valence-corrected chi connectivity index (χ4v) is 5.94. The normalized spacial score (nSPS) is 47.8. The van der Waals surface area contributed by atoms with Crippen LogP contribution in [0.2, 0.25) is 0 Å². The molecule has 2 unspecified atom stereocenters.